The lowest BCUT2D eigenvalue weighted by molar-refractivity contribution is -0.141. The molecule has 0 aromatic heterocycles. The summed E-state index contributed by atoms with van der Waals surface area (Å²) in [7, 11) is 0. The van der Waals surface area contributed by atoms with Crippen molar-refractivity contribution in [2.45, 2.75) is 6.92 Å². The topological polar surface area (TPSA) is 75.3 Å². The summed E-state index contributed by atoms with van der Waals surface area (Å²) in [4.78, 5) is 10.6. The molecule has 4 heteroatoms. The number of hydrogen-bond donors (Lipinski definition) is 3. The summed E-state index contributed by atoms with van der Waals surface area (Å²) in [6.45, 7) is 1.85. The Morgan fingerprint density at radius 1 is 1.75 bits per heavy atom. The molecule has 0 amide bonds. The SMILES string of the molecule is CC1C=C(NN)C=CC1C(=O)O. The van der Waals surface area contributed by atoms with E-state index in [0.717, 1.165) is 5.70 Å². The van der Waals surface area contributed by atoms with E-state index in [1.807, 2.05) is 6.92 Å². The molecule has 0 saturated carbocycles. The van der Waals surface area contributed by atoms with E-state index in [1.54, 1.807) is 18.2 Å². The van der Waals surface area contributed by atoms with E-state index in [9.17, 15) is 4.79 Å². The second-order valence-corrected chi connectivity index (χ2v) is 2.85. The summed E-state index contributed by atoms with van der Waals surface area (Å²) in [5.74, 6) is 3.93. The summed E-state index contributed by atoms with van der Waals surface area (Å²) in [6.07, 6.45) is 5.12. The Bertz CT molecular complexity index is 245. The summed E-state index contributed by atoms with van der Waals surface area (Å²) >= 11 is 0. The predicted molar refractivity (Wildman–Crippen MR) is 44.8 cm³/mol. The number of allylic oxidation sites excluding steroid dienone is 2. The van der Waals surface area contributed by atoms with Gasteiger partial charge in [0.15, 0.2) is 0 Å². The van der Waals surface area contributed by atoms with Crippen molar-refractivity contribution < 1.29 is 9.90 Å². The number of carboxylic acid groups (broad SMARTS) is 1. The van der Waals surface area contributed by atoms with Crippen LogP contribution >= 0.6 is 0 Å². The Kier molecular flexibility index (Phi) is 2.50. The smallest absolute Gasteiger partial charge is 0.310 e. The second kappa shape index (κ2) is 3.40. The fourth-order valence-corrected chi connectivity index (χ4v) is 1.23. The maximum Gasteiger partial charge on any atom is 0.310 e. The highest BCUT2D eigenvalue weighted by Crippen LogP contribution is 2.21. The van der Waals surface area contributed by atoms with E-state index in [4.69, 9.17) is 10.9 Å². The normalized spacial score (nSPS) is 28.0. The quantitative estimate of drug-likeness (QED) is 0.408. The third-order valence-corrected chi connectivity index (χ3v) is 1.94. The van der Waals surface area contributed by atoms with Gasteiger partial charge in [0.25, 0.3) is 0 Å². The molecular weight excluding hydrogens is 156 g/mol. The van der Waals surface area contributed by atoms with Crippen LogP contribution in [0, 0.1) is 11.8 Å². The molecular formula is C8H12N2O2. The monoisotopic (exact) mass is 168 g/mol. The molecule has 0 aromatic rings. The van der Waals surface area contributed by atoms with Crippen LogP contribution in [0.3, 0.4) is 0 Å². The molecule has 0 fully saturated rings. The van der Waals surface area contributed by atoms with Crippen molar-refractivity contribution in [2.24, 2.45) is 17.7 Å². The molecule has 0 radical (unpaired) electrons. The Morgan fingerprint density at radius 3 is 2.83 bits per heavy atom. The fraction of sp³-hybridized carbons (Fsp3) is 0.375. The molecule has 4 nitrogen and oxygen atoms in total. The largest absolute Gasteiger partial charge is 0.481 e. The lowest BCUT2D eigenvalue weighted by Gasteiger charge is -2.18. The average molecular weight is 168 g/mol. The molecule has 66 valence electrons. The van der Waals surface area contributed by atoms with Crippen molar-refractivity contribution in [1.29, 1.82) is 0 Å². The first-order valence-corrected chi connectivity index (χ1v) is 3.74. The highest BCUT2D eigenvalue weighted by atomic mass is 16.4. The van der Waals surface area contributed by atoms with Gasteiger partial charge in [-0.25, -0.2) is 0 Å². The molecule has 0 saturated heterocycles. The van der Waals surface area contributed by atoms with E-state index in [0.29, 0.717) is 0 Å². The summed E-state index contributed by atoms with van der Waals surface area (Å²) in [5, 5.41) is 8.74. The van der Waals surface area contributed by atoms with Crippen molar-refractivity contribution >= 4 is 5.97 Å². The lowest BCUT2D eigenvalue weighted by atomic mass is 9.89. The predicted octanol–water partition coefficient (Wildman–Crippen LogP) is 0.240. The summed E-state index contributed by atoms with van der Waals surface area (Å²) in [5.41, 5.74) is 3.24. The first-order valence-electron chi connectivity index (χ1n) is 3.74. The van der Waals surface area contributed by atoms with Gasteiger partial charge in [0, 0.05) is 5.70 Å². The van der Waals surface area contributed by atoms with Crippen LogP contribution in [0.1, 0.15) is 6.92 Å². The zero-order valence-corrected chi connectivity index (χ0v) is 6.82. The third-order valence-electron chi connectivity index (χ3n) is 1.94. The molecule has 1 rings (SSSR count). The average Bonchev–Trinajstić information content (AvgIpc) is 2.03. The van der Waals surface area contributed by atoms with Crippen LogP contribution in [0.15, 0.2) is 23.9 Å². The minimum absolute atomic E-state index is 0.0152. The van der Waals surface area contributed by atoms with Crippen LogP contribution in [0.2, 0.25) is 0 Å². The first kappa shape index (κ1) is 8.80. The fourth-order valence-electron chi connectivity index (χ4n) is 1.23. The van der Waals surface area contributed by atoms with Gasteiger partial charge in [-0.1, -0.05) is 19.1 Å². The van der Waals surface area contributed by atoms with Crippen molar-refractivity contribution in [3.8, 4) is 0 Å². The minimum atomic E-state index is -0.800. The Labute approximate surface area is 70.7 Å². The van der Waals surface area contributed by atoms with Gasteiger partial charge in [-0.3, -0.25) is 10.6 Å². The summed E-state index contributed by atoms with van der Waals surface area (Å²) in [6, 6.07) is 0. The molecule has 0 aromatic carbocycles. The Balaban J connectivity index is 2.74. The Morgan fingerprint density at radius 2 is 2.42 bits per heavy atom. The van der Waals surface area contributed by atoms with Crippen LogP contribution < -0.4 is 11.3 Å². The standard InChI is InChI=1S/C8H12N2O2/c1-5-4-6(10-9)2-3-7(5)8(11)12/h2-5,7,10H,9H2,1H3,(H,11,12). The van der Waals surface area contributed by atoms with Crippen LogP contribution in [-0.4, -0.2) is 11.1 Å². The van der Waals surface area contributed by atoms with E-state index >= 15 is 0 Å². The van der Waals surface area contributed by atoms with Crippen LogP contribution in [0.4, 0.5) is 0 Å². The van der Waals surface area contributed by atoms with Gasteiger partial charge in [-0.05, 0) is 12.0 Å². The third kappa shape index (κ3) is 1.65. The molecule has 2 atom stereocenters. The van der Waals surface area contributed by atoms with Gasteiger partial charge >= 0.3 is 5.97 Å². The highest BCUT2D eigenvalue weighted by molar-refractivity contribution is 5.73. The molecule has 0 bridgehead atoms. The zero-order valence-electron chi connectivity index (χ0n) is 6.82. The number of rotatable bonds is 2. The summed E-state index contributed by atoms with van der Waals surface area (Å²) < 4.78 is 0. The van der Waals surface area contributed by atoms with Gasteiger partial charge in [0.2, 0.25) is 0 Å². The van der Waals surface area contributed by atoms with E-state index < -0.39 is 11.9 Å². The van der Waals surface area contributed by atoms with Gasteiger partial charge in [-0.15, -0.1) is 0 Å². The molecule has 0 heterocycles. The second-order valence-electron chi connectivity index (χ2n) is 2.85. The van der Waals surface area contributed by atoms with Crippen molar-refractivity contribution in [2.75, 3.05) is 0 Å². The Hall–Kier alpha value is -1.29. The first-order chi connectivity index (χ1) is 5.65. The van der Waals surface area contributed by atoms with Crippen molar-refractivity contribution in [3.05, 3.63) is 23.9 Å². The number of nitrogens with two attached hydrogens (primary N) is 1. The number of carbonyl (C=O) groups is 1. The number of nitrogens with one attached hydrogen (secondary N) is 1. The maximum absolute atomic E-state index is 10.6. The van der Waals surface area contributed by atoms with Crippen molar-refractivity contribution in [1.82, 2.24) is 5.43 Å². The van der Waals surface area contributed by atoms with Gasteiger partial charge < -0.3 is 10.5 Å². The number of hydrazine groups is 1. The van der Waals surface area contributed by atoms with Crippen LogP contribution in [0.5, 0.6) is 0 Å². The van der Waals surface area contributed by atoms with E-state index in [2.05, 4.69) is 5.43 Å². The lowest BCUT2D eigenvalue weighted by Crippen LogP contribution is -2.26. The number of aliphatic carboxylic acids is 1. The molecule has 2 unspecified atom stereocenters. The highest BCUT2D eigenvalue weighted by Gasteiger charge is 2.22. The van der Waals surface area contributed by atoms with Crippen molar-refractivity contribution in [3.63, 3.8) is 0 Å². The van der Waals surface area contributed by atoms with Gasteiger partial charge in [0.1, 0.15) is 0 Å². The van der Waals surface area contributed by atoms with Gasteiger partial charge in [-0.2, -0.15) is 0 Å². The number of carboxylic acids is 1. The molecule has 0 aliphatic heterocycles. The molecule has 4 N–H and O–H groups in total. The molecule has 1 aliphatic rings. The number of hydrogen-bond acceptors (Lipinski definition) is 3. The van der Waals surface area contributed by atoms with E-state index in [1.165, 1.54) is 0 Å². The van der Waals surface area contributed by atoms with E-state index in [-0.39, 0.29) is 5.92 Å². The molecule has 12 heavy (non-hydrogen) atoms. The maximum atomic E-state index is 10.6. The molecule has 1 aliphatic carbocycles. The zero-order chi connectivity index (χ0) is 9.14. The van der Waals surface area contributed by atoms with Crippen LogP contribution in [-0.2, 0) is 4.79 Å². The molecule has 0 spiro atoms. The minimum Gasteiger partial charge on any atom is -0.481 e. The van der Waals surface area contributed by atoms with Gasteiger partial charge in [0.05, 0.1) is 5.92 Å². The van der Waals surface area contributed by atoms with Crippen LogP contribution in [0.25, 0.3) is 0 Å².